The molecule has 15 heavy (non-hydrogen) atoms. The van der Waals surface area contributed by atoms with Gasteiger partial charge in [0.25, 0.3) is 0 Å². The molecule has 72 valence electrons. The highest BCUT2D eigenvalue weighted by atomic mass is 16.4. The normalized spacial score (nSPS) is 9.80. The van der Waals surface area contributed by atoms with E-state index in [4.69, 9.17) is 11.7 Å². The van der Waals surface area contributed by atoms with Crippen molar-refractivity contribution in [2.75, 3.05) is 0 Å². The molecule has 0 heterocycles. The molecule has 0 aliphatic rings. The zero-order chi connectivity index (χ0) is 10.8. The average Bonchev–Trinajstić information content (AvgIpc) is 2.27. The minimum Gasteiger partial charge on any atom is -0.478 e. The van der Waals surface area contributed by atoms with Gasteiger partial charge in [0.15, 0.2) is 5.69 Å². The van der Waals surface area contributed by atoms with Gasteiger partial charge in [0.05, 0.1) is 12.1 Å². The first-order chi connectivity index (χ1) is 7.24. The van der Waals surface area contributed by atoms with Gasteiger partial charge in [0, 0.05) is 0 Å². The maximum absolute atomic E-state index is 10.9. The summed E-state index contributed by atoms with van der Waals surface area (Å²) in [4.78, 5) is 14.3. The fourth-order valence-electron chi connectivity index (χ4n) is 1.57. The Morgan fingerprint density at radius 2 is 1.80 bits per heavy atom. The van der Waals surface area contributed by atoms with Crippen LogP contribution in [0.25, 0.3) is 15.6 Å². The fourth-order valence-corrected chi connectivity index (χ4v) is 1.57. The van der Waals surface area contributed by atoms with Crippen LogP contribution in [0.2, 0.25) is 0 Å². The number of benzene rings is 2. The van der Waals surface area contributed by atoms with Crippen molar-refractivity contribution in [2.45, 2.75) is 0 Å². The molecule has 0 bridgehead atoms. The third-order valence-electron chi connectivity index (χ3n) is 2.25. The highest BCUT2D eigenvalue weighted by Gasteiger charge is 2.09. The van der Waals surface area contributed by atoms with Crippen LogP contribution >= 0.6 is 0 Å². The smallest absolute Gasteiger partial charge is 0.336 e. The van der Waals surface area contributed by atoms with E-state index >= 15 is 0 Å². The Labute approximate surface area is 86.4 Å². The molecule has 3 nitrogen and oxygen atoms in total. The molecule has 0 aromatic heterocycles. The lowest BCUT2D eigenvalue weighted by molar-refractivity contribution is 0.0699. The van der Waals surface area contributed by atoms with Crippen molar-refractivity contribution >= 4 is 22.4 Å². The van der Waals surface area contributed by atoms with E-state index in [1.807, 2.05) is 0 Å². The predicted octanol–water partition coefficient (Wildman–Crippen LogP) is 3.09. The molecule has 0 saturated heterocycles. The number of nitrogens with zero attached hydrogens (tertiary/aromatic N) is 1. The minimum absolute atomic E-state index is 0.234. The summed E-state index contributed by atoms with van der Waals surface area (Å²) >= 11 is 0. The predicted molar refractivity (Wildman–Crippen MR) is 57.2 cm³/mol. The first kappa shape index (κ1) is 9.22. The van der Waals surface area contributed by atoms with Crippen molar-refractivity contribution in [3.05, 3.63) is 53.4 Å². The van der Waals surface area contributed by atoms with Crippen LogP contribution in [0, 0.1) is 6.57 Å². The summed E-state index contributed by atoms with van der Waals surface area (Å²) in [6.45, 7) is 6.98. The maximum atomic E-state index is 10.9. The summed E-state index contributed by atoms with van der Waals surface area (Å²) in [5, 5.41) is 10.3. The van der Waals surface area contributed by atoms with Crippen LogP contribution in [0.15, 0.2) is 36.4 Å². The van der Waals surface area contributed by atoms with Crippen molar-refractivity contribution in [1.82, 2.24) is 0 Å². The monoisotopic (exact) mass is 197 g/mol. The van der Waals surface area contributed by atoms with E-state index < -0.39 is 5.97 Å². The van der Waals surface area contributed by atoms with E-state index in [0.29, 0.717) is 16.5 Å². The van der Waals surface area contributed by atoms with Crippen molar-refractivity contribution in [3.8, 4) is 0 Å². The number of carbonyl (C=O) groups is 1. The topological polar surface area (TPSA) is 41.7 Å². The van der Waals surface area contributed by atoms with Gasteiger partial charge < -0.3 is 5.11 Å². The van der Waals surface area contributed by atoms with E-state index in [2.05, 4.69) is 4.85 Å². The standard InChI is InChI=1S/C12H7NO2/c1-13-11-7-6-10(12(14)15)8-4-2-3-5-9(8)11/h2-7H,(H,14,15). The molecule has 0 atom stereocenters. The lowest BCUT2D eigenvalue weighted by Crippen LogP contribution is -1.96. The minimum atomic E-state index is -0.970. The third kappa shape index (κ3) is 1.42. The lowest BCUT2D eigenvalue weighted by atomic mass is 10.0. The fraction of sp³-hybridized carbons (Fsp3) is 0. The summed E-state index contributed by atoms with van der Waals surface area (Å²) in [6.07, 6.45) is 0. The Hall–Kier alpha value is -2.34. The van der Waals surface area contributed by atoms with Crippen LogP contribution in [-0.2, 0) is 0 Å². The summed E-state index contributed by atoms with van der Waals surface area (Å²) in [6, 6.07) is 10.0. The zero-order valence-electron chi connectivity index (χ0n) is 7.77. The number of carboxylic acids is 1. The summed E-state index contributed by atoms with van der Waals surface area (Å²) in [5.74, 6) is -0.970. The molecule has 0 aliphatic carbocycles. The van der Waals surface area contributed by atoms with Gasteiger partial charge >= 0.3 is 5.97 Å². The highest BCUT2D eigenvalue weighted by Crippen LogP contribution is 2.28. The second-order valence-corrected chi connectivity index (χ2v) is 3.09. The van der Waals surface area contributed by atoms with Crippen LogP contribution in [0.1, 0.15) is 10.4 Å². The van der Waals surface area contributed by atoms with Crippen LogP contribution in [-0.4, -0.2) is 11.1 Å². The number of hydrogen-bond acceptors (Lipinski definition) is 1. The van der Waals surface area contributed by atoms with E-state index in [-0.39, 0.29) is 5.56 Å². The van der Waals surface area contributed by atoms with Crippen molar-refractivity contribution in [1.29, 1.82) is 0 Å². The Bertz CT molecular complexity index is 582. The molecular formula is C12H7NO2. The quantitative estimate of drug-likeness (QED) is 0.713. The molecule has 2 aromatic carbocycles. The molecule has 1 N–H and O–H groups in total. The first-order valence-electron chi connectivity index (χ1n) is 4.36. The van der Waals surface area contributed by atoms with Gasteiger partial charge in [0.1, 0.15) is 0 Å². The molecule has 0 aliphatic heterocycles. The molecule has 0 fully saturated rings. The van der Waals surface area contributed by atoms with Gasteiger partial charge in [-0.3, -0.25) is 0 Å². The lowest BCUT2D eigenvalue weighted by Gasteiger charge is -2.03. The summed E-state index contributed by atoms with van der Waals surface area (Å²) in [5.41, 5.74) is 0.716. The van der Waals surface area contributed by atoms with Crippen LogP contribution in [0.5, 0.6) is 0 Å². The highest BCUT2D eigenvalue weighted by molar-refractivity contribution is 6.07. The summed E-state index contributed by atoms with van der Waals surface area (Å²) < 4.78 is 0. The van der Waals surface area contributed by atoms with E-state index in [1.54, 1.807) is 30.3 Å². The van der Waals surface area contributed by atoms with Crippen molar-refractivity contribution in [3.63, 3.8) is 0 Å². The van der Waals surface area contributed by atoms with Gasteiger partial charge in [0.2, 0.25) is 0 Å². The van der Waals surface area contributed by atoms with Gasteiger partial charge in [-0.2, -0.15) is 0 Å². The Morgan fingerprint density at radius 3 is 2.40 bits per heavy atom. The van der Waals surface area contributed by atoms with Crippen LogP contribution in [0.4, 0.5) is 5.69 Å². The van der Waals surface area contributed by atoms with E-state index in [9.17, 15) is 4.79 Å². The average molecular weight is 197 g/mol. The maximum Gasteiger partial charge on any atom is 0.336 e. The third-order valence-corrected chi connectivity index (χ3v) is 2.25. The molecule has 0 radical (unpaired) electrons. The van der Waals surface area contributed by atoms with E-state index in [0.717, 1.165) is 0 Å². The number of fused-ring (bicyclic) bond motifs is 1. The van der Waals surface area contributed by atoms with Gasteiger partial charge in [-0.1, -0.05) is 36.4 Å². The Kier molecular flexibility index (Phi) is 2.11. The molecule has 2 rings (SSSR count). The summed E-state index contributed by atoms with van der Waals surface area (Å²) in [7, 11) is 0. The number of hydrogen-bond donors (Lipinski definition) is 1. The van der Waals surface area contributed by atoms with Crippen LogP contribution < -0.4 is 0 Å². The van der Waals surface area contributed by atoms with E-state index in [1.165, 1.54) is 6.07 Å². The Balaban J connectivity index is 2.91. The second-order valence-electron chi connectivity index (χ2n) is 3.09. The largest absolute Gasteiger partial charge is 0.478 e. The SMILES string of the molecule is [C-]#[N+]c1ccc(C(=O)O)c2ccccc12. The second kappa shape index (κ2) is 3.43. The number of carboxylic acid groups (broad SMARTS) is 1. The molecule has 0 saturated carbocycles. The molecule has 0 spiro atoms. The van der Waals surface area contributed by atoms with Crippen molar-refractivity contribution in [2.24, 2.45) is 0 Å². The number of aromatic carboxylic acids is 1. The Morgan fingerprint density at radius 1 is 1.13 bits per heavy atom. The molecule has 0 unspecified atom stereocenters. The molecule has 3 heteroatoms. The van der Waals surface area contributed by atoms with Gasteiger partial charge in [-0.15, -0.1) is 0 Å². The molecular weight excluding hydrogens is 190 g/mol. The number of rotatable bonds is 1. The van der Waals surface area contributed by atoms with Gasteiger partial charge in [-0.05, 0) is 10.8 Å². The zero-order valence-corrected chi connectivity index (χ0v) is 7.77. The van der Waals surface area contributed by atoms with Gasteiger partial charge in [-0.25, -0.2) is 9.64 Å². The van der Waals surface area contributed by atoms with Crippen LogP contribution in [0.3, 0.4) is 0 Å². The van der Waals surface area contributed by atoms with Crippen molar-refractivity contribution < 1.29 is 9.90 Å². The molecule has 0 amide bonds. The molecule has 2 aromatic rings. The first-order valence-corrected chi connectivity index (χ1v) is 4.36.